The predicted molar refractivity (Wildman–Crippen MR) is 55.4 cm³/mol. The van der Waals surface area contributed by atoms with Crippen LogP contribution in [0, 0.1) is 0 Å². The van der Waals surface area contributed by atoms with Gasteiger partial charge in [0.1, 0.15) is 0 Å². The molecule has 15 heavy (non-hydrogen) atoms. The van der Waals surface area contributed by atoms with Crippen LogP contribution < -0.4 is 10.6 Å². The largest absolute Gasteiger partial charge is 0.353 e. The van der Waals surface area contributed by atoms with Gasteiger partial charge in [0.2, 0.25) is 5.91 Å². The highest BCUT2D eigenvalue weighted by Crippen LogP contribution is 2.18. The molecular weight excluding hydrogens is 194 g/mol. The quantitative estimate of drug-likeness (QED) is 0.691. The Morgan fingerprint density at radius 1 is 1.53 bits per heavy atom. The van der Waals surface area contributed by atoms with Crippen molar-refractivity contribution in [1.29, 1.82) is 0 Å². The molecule has 1 heterocycles. The van der Waals surface area contributed by atoms with Gasteiger partial charge in [-0.25, -0.2) is 4.79 Å². The number of amides is 3. The molecule has 0 atom stereocenters. The second-order valence-electron chi connectivity index (χ2n) is 4.16. The Hall–Kier alpha value is -1.26. The molecule has 2 N–H and O–H groups in total. The van der Waals surface area contributed by atoms with Gasteiger partial charge in [-0.05, 0) is 19.3 Å². The van der Waals surface area contributed by atoms with Gasteiger partial charge in [-0.3, -0.25) is 4.79 Å². The minimum Gasteiger partial charge on any atom is -0.353 e. The zero-order valence-electron chi connectivity index (χ0n) is 8.79. The van der Waals surface area contributed by atoms with Gasteiger partial charge in [0.15, 0.2) is 0 Å². The summed E-state index contributed by atoms with van der Waals surface area (Å²) >= 11 is 0. The molecule has 0 aromatic heterocycles. The van der Waals surface area contributed by atoms with E-state index in [9.17, 15) is 9.59 Å². The van der Waals surface area contributed by atoms with E-state index in [4.69, 9.17) is 0 Å². The van der Waals surface area contributed by atoms with Crippen LogP contribution in [0.15, 0.2) is 0 Å². The SMILES string of the molecule is O=C(CCN1CCCNC1=O)NC1CC1. The molecule has 0 aromatic rings. The van der Waals surface area contributed by atoms with Gasteiger partial charge < -0.3 is 15.5 Å². The molecule has 0 aromatic carbocycles. The van der Waals surface area contributed by atoms with Crippen LogP contribution in [-0.2, 0) is 4.79 Å². The van der Waals surface area contributed by atoms with Gasteiger partial charge in [-0.15, -0.1) is 0 Å². The molecule has 1 aliphatic heterocycles. The first kappa shape index (κ1) is 10.3. The molecule has 5 heteroatoms. The lowest BCUT2D eigenvalue weighted by Gasteiger charge is -2.27. The fourth-order valence-electron chi connectivity index (χ4n) is 1.66. The van der Waals surface area contributed by atoms with E-state index in [-0.39, 0.29) is 11.9 Å². The number of nitrogens with zero attached hydrogens (tertiary/aromatic N) is 1. The van der Waals surface area contributed by atoms with E-state index in [0.717, 1.165) is 32.4 Å². The van der Waals surface area contributed by atoms with Crippen LogP contribution in [0.3, 0.4) is 0 Å². The number of urea groups is 1. The van der Waals surface area contributed by atoms with E-state index in [2.05, 4.69) is 10.6 Å². The predicted octanol–water partition coefficient (Wildman–Crippen LogP) is 0.0704. The van der Waals surface area contributed by atoms with Crippen molar-refractivity contribution < 1.29 is 9.59 Å². The molecule has 5 nitrogen and oxygen atoms in total. The Kier molecular flexibility index (Phi) is 3.08. The lowest BCUT2D eigenvalue weighted by atomic mass is 10.3. The van der Waals surface area contributed by atoms with Crippen molar-refractivity contribution in [3.8, 4) is 0 Å². The summed E-state index contributed by atoms with van der Waals surface area (Å²) in [5.41, 5.74) is 0. The average molecular weight is 211 g/mol. The summed E-state index contributed by atoms with van der Waals surface area (Å²) in [5, 5.41) is 5.68. The van der Waals surface area contributed by atoms with Crippen molar-refractivity contribution in [2.45, 2.75) is 31.7 Å². The van der Waals surface area contributed by atoms with Crippen LogP contribution in [0.4, 0.5) is 4.79 Å². The molecule has 0 unspecified atom stereocenters. The molecule has 2 aliphatic rings. The third kappa shape index (κ3) is 3.11. The molecule has 0 spiro atoms. The number of carbonyl (C=O) groups excluding carboxylic acids is 2. The average Bonchev–Trinajstić information content (AvgIpc) is 3.00. The second kappa shape index (κ2) is 4.51. The first-order chi connectivity index (χ1) is 7.25. The van der Waals surface area contributed by atoms with E-state index in [1.165, 1.54) is 0 Å². The zero-order chi connectivity index (χ0) is 10.7. The Balaban J connectivity index is 1.66. The standard InChI is InChI=1S/C10H17N3O2/c14-9(12-8-2-3-8)4-7-13-6-1-5-11-10(13)15/h8H,1-7H2,(H,11,15)(H,12,14). The second-order valence-corrected chi connectivity index (χ2v) is 4.16. The van der Waals surface area contributed by atoms with Gasteiger partial charge in [-0.2, -0.15) is 0 Å². The minimum absolute atomic E-state index is 0.0412. The van der Waals surface area contributed by atoms with Gasteiger partial charge in [-0.1, -0.05) is 0 Å². The van der Waals surface area contributed by atoms with Gasteiger partial charge >= 0.3 is 6.03 Å². The summed E-state index contributed by atoms with van der Waals surface area (Å²) in [4.78, 5) is 24.4. The topological polar surface area (TPSA) is 61.4 Å². The summed E-state index contributed by atoms with van der Waals surface area (Å²) in [6.07, 6.45) is 3.60. The summed E-state index contributed by atoms with van der Waals surface area (Å²) in [6, 6.07) is 0.369. The molecule has 3 amide bonds. The van der Waals surface area contributed by atoms with Crippen LogP contribution in [0.25, 0.3) is 0 Å². The van der Waals surface area contributed by atoms with E-state index < -0.39 is 0 Å². The fraction of sp³-hybridized carbons (Fsp3) is 0.800. The number of hydrogen-bond acceptors (Lipinski definition) is 2. The van der Waals surface area contributed by atoms with Crippen molar-refractivity contribution in [2.24, 2.45) is 0 Å². The van der Waals surface area contributed by atoms with Crippen molar-refractivity contribution in [3.63, 3.8) is 0 Å². The van der Waals surface area contributed by atoms with Crippen LogP contribution in [0.1, 0.15) is 25.7 Å². The Labute approximate surface area is 89.2 Å². The van der Waals surface area contributed by atoms with E-state index in [1.807, 2.05) is 0 Å². The molecular formula is C10H17N3O2. The Bertz CT molecular complexity index is 263. The Morgan fingerprint density at radius 3 is 3.00 bits per heavy atom. The molecule has 1 aliphatic carbocycles. The van der Waals surface area contributed by atoms with Crippen LogP contribution in [0.5, 0.6) is 0 Å². The van der Waals surface area contributed by atoms with Gasteiger partial charge in [0.05, 0.1) is 0 Å². The van der Waals surface area contributed by atoms with Crippen LogP contribution in [-0.4, -0.2) is 42.5 Å². The highest BCUT2D eigenvalue weighted by atomic mass is 16.2. The molecule has 2 rings (SSSR count). The fourth-order valence-corrected chi connectivity index (χ4v) is 1.66. The third-order valence-corrected chi connectivity index (χ3v) is 2.72. The highest BCUT2D eigenvalue weighted by Gasteiger charge is 2.24. The Morgan fingerprint density at radius 2 is 2.33 bits per heavy atom. The zero-order valence-corrected chi connectivity index (χ0v) is 8.79. The third-order valence-electron chi connectivity index (χ3n) is 2.72. The van der Waals surface area contributed by atoms with Gasteiger partial charge in [0.25, 0.3) is 0 Å². The minimum atomic E-state index is -0.0412. The summed E-state index contributed by atoms with van der Waals surface area (Å²) < 4.78 is 0. The molecule has 1 saturated heterocycles. The van der Waals surface area contributed by atoms with Crippen molar-refractivity contribution >= 4 is 11.9 Å². The molecule has 84 valence electrons. The van der Waals surface area contributed by atoms with Gasteiger partial charge in [0, 0.05) is 32.1 Å². The number of hydrogen-bond donors (Lipinski definition) is 2. The monoisotopic (exact) mass is 211 g/mol. The first-order valence-corrected chi connectivity index (χ1v) is 5.58. The first-order valence-electron chi connectivity index (χ1n) is 5.58. The van der Waals surface area contributed by atoms with Crippen molar-refractivity contribution in [3.05, 3.63) is 0 Å². The van der Waals surface area contributed by atoms with E-state index in [0.29, 0.717) is 19.0 Å². The van der Waals surface area contributed by atoms with Crippen LogP contribution >= 0.6 is 0 Å². The normalized spacial score (nSPS) is 21.1. The smallest absolute Gasteiger partial charge is 0.317 e. The molecule has 0 radical (unpaired) electrons. The number of nitrogens with one attached hydrogen (secondary N) is 2. The number of rotatable bonds is 4. The maximum Gasteiger partial charge on any atom is 0.317 e. The summed E-state index contributed by atoms with van der Waals surface area (Å²) in [6.45, 7) is 2.05. The molecule has 2 fully saturated rings. The highest BCUT2D eigenvalue weighted by molar-refractivity contribution is 5.78. The summed E-state index contributed by atoms with van der Waals surface area (Å²) in [7, 11) is 0. The van der Waals surface area contributed by atoms with Crippen molar-refractivity contribution in [2.75, 3.05) is 19.6 Å². The maximum atomic E-state index is 11.4. The lowest BCUT2D eigenvalue weighted by Crippen LogP contribution is -2.47. The lowest BCUT2D eigenvalue weighted by molar-refractivity contribution is -0.121. The van der Waals surface area contributed by atoms with E-state index >= 15 is 0 Å². The number of carbonyl (C=O) groups is 2. The van der Waals surface area contributed by atoms with Crippen molar-refractivity contribution in [1.82, 2.24) is 15.5 Å². The molecule has 1 saturated carbocycles. The summed E-state index contributed by atoms with van der Waals surface area (Å²) in [5.74, 6) is 0.0656. The van der Waals surface area contributed by atoms with Crippen LogP contribution in [0.2, 0.25) is 0 Å². The maximum absolute atomic E-state index is 11.4. The van der Waals surface area contributed by atoms with E-state index in [1.54, 1.807) is 4.90 Å². The molecule has 0 bridgehead atoms.